The van der Waals surface area contributed by atoms with Crippen LogP contribution in [0.1, 0.15) is 43.1 Å². The first-order chi connectivity index (χ1) is 10.6. The number of carbonyl (C=O) groups excluding carboxylic acids is 1. The topological polar surface area (TPSA) is 59.0 Å². The maximum atomic E-state index is 12.9. The SMILES string of the molecule is C[C@@H](NC(=O)NC1CCCn2nccc21)c1ccc(F)cc1. The molecule has 2 amide bonds. The van der Waals surface area contributed by atoms with E-state index in [-0.39, 0.29) is 23.9 Å². The zero-order chi connectivity index (χ0) is 15.5. The van der Waals surface area contributed by atoms with Crippen LogP contribution in [-0.4, -0.2) is 15.8 Å². The van der Waals surface area contributed by atoms with E-state index in [1.807, 2.05) is 17.7 Å². The standard InChI is InChI=1S/C16H19FN4O/c1-11(12-4-6-13(17)7-5-12)19-16(22)20-14-3-2-10-21-15(14)8-9-18-21/h4-9,11,14H,2-3,10H2,1H3,(H2,19,20,22)/t11-,14?/m1/s1. The average molecular weight is 302 g/mol. The average Bonchev–Trinajstić information content (AvgIpc) is 2.97. The van der Waals surface area contributed by atoms with Crippen LogP contribution in [0.25, 0.3) is 0 Å². The number of carbonyl (C=O) groups is 1. The molecule has 0 fully saturated rings. The Bertz CT molecular complexity index is 652. The minimum atomic E-state index is -0.282. The van der Waals surface area contributed by atoms with Gasteiger partial charge in [-0.15, -0.1) is 0 Å². The van der Waals surface area contributed by atoms with Gasteiger partial charge in [0.1, 0.15) is 5.82 Å². The highest BCUT2D eigenvalue weighted by Gasteiger charge is 2.22. The zero-order valence-corrected chi connectivity index (χ0v) is 12.4. The van der Waals surface area contributed by atoms with Crippen molar-refractivity contribution >= 4 is 6.03 Å². The lowest BCUT2D eigenvalue weighted by atomic mass is 10.0. The third-order valence-electron chi connectivity index (χ3n) is 3.99. The number of nitrogens with one attached hydrogen (secondary N) is 2. The van der Waals surface area contributed by atoms with Crippen LogP contribution in [-0.2, 0) is 6.54 Å². The van der Waals surface area contributed by atoms with Gasteiger partial charge in [0.2, 0.25) is 0 Å². The van der Waals surface area contributed by atoms with Gasteiger partial charge in [0.15, 0.2) is 0 Å². The second-order valence-corrected chi connectivity index (χ2v) is 5.57. The second kappa shape index (κ2) is 6.17. The molecule has 0 radical (unpaired) electrons. The summed E-state index contributed by atoms with van der Waals surface area (Å²) in [6, 6.07) is 7.65. The van der Waals surface area contributed by atoms with Crippen molar-refractivity contribution in [3.05, 3.63) is 53.6 Å². The number of urea groups is 1. The van der Waals surface area contributed by atoms with E-state index < -0.39 is 0 Å². The van der Waals surface area contributed by atoms with Crippen LogP contribution in [0.5, 0.6) is 0 Å². The summed E-state index contributed by atoms with van der Waals surface area (Å²) in [4.78, 5) is 12.2. The van der Waals surface area contributed by atoms with Crippen LogP contribution < -0.4 is 10.6 Å². The van der Waals surface area contributed by atoms with E-state index in [0.29, 0.717) is 0 Å². The lowest BCUT2D eigenvalue weighted by Crippen LogP contribution is -2.40. The van der Waals surface area contributed by atoms with Crippen molar-refractivity contribution in [2.75, 3.05) is 0 Å². The quantitative estimate of drug-likeness (QED) is 0.916. The molecule has 1 aliphatic rings. The molecule has 1 aromatic heterocycles. The zero-order valence-electron chi connectivity index (χ0n) is 12.4. The largest absolute Gasteiger partial charge is 0.332 e. The fourth-order valence-corrected chi connectivity index (χ4v) is 2.80. The fraction of sp³-hybridized carbons (Fsp3) is 0.375. The lowest BCUT2D eigenvalue weighted by Gasteiger charge is -2.25. The molecular formula is C16H19FN4O. The summed E-state index contributed by atoms with van der Waals surface area (Å²) < 4.78 is 14.9. The van der Waals surface area contributed by atoms with E-state index in [1.165, 1.54) is 12.1 Å². The Morgan fingerprint density at radius 1 is 1.36 bits per heavy atom. The number of fused-ring (bicyclic) bond motifs is 1. The summed E-state index contributed by atoms with van der Waals surface area (Å²) in [7, 11) is 0. The third kappa shape index (κ3) is 3.10. The van der Waals surface area contributed by atoms with Gasteiger partial charge in [-0.05, 0) is 43.5 Å². The van der Waals surface area contributed by atoms with E-state index in [9.17, 15) is 9.18 Å². The first kappa shape index (κ1) is 14.6. The molecule has 6 heteroatoms. The van der Waals surface area contributed by atoms with E-state index in [1.54, 1.807) is 18.3 Å². The van der Waals surface area contributed by atoms with Crippen molar-refractivity contribution in [3.63, 3.8) is 0 Å². The number of aryl methyl sites for hydroxylation is 1. The first-order valence-corrected chi connectivity index (χ1v) is 7.47. The van der Waals surface area contributed by atoms with Crippen LogP contribution in [0.3, 0.4) is 0 Å². The minimum absolute atomic E-state index is 0.0170. The molecule has 22 heavy (non-hydrogen) atoms. The fourth-order valence-electron chi connectivity index (χ4n) is 2.80. The van der Waals surface area contributed by atoms with E-state index in [0.717, 1.165) is 30.6 Å². The smallest absolute Gasteiger partial charge is 0.315 e. The first-order valence-electron chi connectivity index (χ1n) is 7.47. The number of nitrogens with zero attached hydrogens (tertiary/aromatic N) is 2. The van der Waals surface area contributed by atoms with Gasteiger partial charge in [0.25, 0.3) is 0 Å². The molecule has 1 aromatic carbocycles. The van der Waals surface area contributed by atoms with Crippen molar-refractivity contribution in [3.8, 4) is 0 Å². The predicted molar refractivity (Wildman–Crippen MR) is 80.7 cm³/mol. The monoisotopic (exact) mass is 302 g/mol. The van der Waals surface area contributed by atoms with Crippen LogP contribution in [0, 0.1) is 5.82 Å². The van der Waals surface area contributed by atoms with Crippen molar-refractivity contribution < 1.29 is 9.18 Å². The van der Waals surface area contributed by atoms with Gasteiger partial charge >= 0.3 is 6.03 Å². The van der Waals surface area contributed by atoms with Crippen LogP contribution in [0.4, 0.5) is 9.18 Å². The normalized spacial score (nSPS) is 18.4. The Morgan fingerprint density at radius 2 is 2.14 bits per heavy atom. The molecule has 2 aromatic rings. The number of halogens is 1. The van der Waals surface area contributed by atoms with Crippen molar-refractivity contribution in [2.45, 2.75) is 38.4 Å². The lowest BCUT2D eigenvalue weighted by molar-refractivity contribution is 0.230. The van der Waals surface area contributed by atoms with Crippen molar-refractivity contribution in [2.24, 2.45) is 0 Å². The van der Waals surface area contributed by atoms with E-state index in [2.05, 4.69) is 15.7 Å². The molecule has 2 N–H and O–H groups in total. The van der Waals surface area contributed by atoms with Crippen molar-refractivity contribution in [1.29, 1.82) is 0 Å². The Balaban J connectivity index is 1.60. The second-order valence-electron chi connectivity index (χ2n) is 5.57. The van der Waals surface area contributed by atoms with Gasteiger partial charge in [0.05, 0.1) is 17.8 Å². The molecule has 1 aliphatic heterocycles. The number of hydrogen-bond acceptors (Lipinski definition) is 2. The van der Waals surface area contributed by atoms with Gasteiger partial charge in [-0.1, -0.05) is 12.1 Å². The molecule has 2 atom stereocenters. The van der Waals surface area contributed by atoms with Crippen molar-refractivity contribution in [1.82, 2.24) is 20.4 Å². The number of rotatable bonds is 3. The molecule has 3 rings (SSSR count). The number of amides is 2. The molecule has 0 aliphatic carbocycles. The van der Waals surface area contributed by atoms with Crippen LogP contribution in [0.2, 0.25) is 0 Å². The van der Waals surface area contributed by atoms with Gasteiger partial charge in [-0.25, -0.2) is 9.18 Å². The van der Waals surface area contributed by atoms with Gasteiger partial charge in [-0.2, -0.15) is 5.10 Å². The Labute approximate surface area is 128 Å². The van der Waals surface area contributed by atoms with E-state index >= 15 is 0 Å². The molecular weight excluding hydrogens is 283 g/mol. The summed E-state index contributed by atoms with van der Waals surface area (Å²) in [5.41, 5.74) is 1.90. The number of aromatic nitrogens is 2. The summed E-state index contributed by atoms with van der Waals surface area (Å²) in [6.07, 6.45) is 3.66. The molecule has 0 saturated heterocycles. The molecule has 0 bridgehead atoms. The van der Waals surface area contributed by atoms with Gasteiger partial charge < -0.3 is 10.6 Å². The summed E-state index contributed by atoms with van der Waals surface area (Å²) in [5, 5.41) is 10.1. The predicted octanol–water partition coefficient (Wildman–Crippen LogP) is 2.92. The third-order valence-corrected chi connectivity index (χ3v) is 3.99. The summed E-state index contributed by atoms with van der Waals surface area (Å²) in [6.45, 7) is 2.77. The molecule has 0 saturated carbocycles. The maximum absolute atomic E-state index is 12.9. The molecule has 116 valence electrons. The molecule has 1 unspecified atom stereocenters. The number of benzene rings is 1. The minimum Gasteiger partial charge on any atom is -0.332 e. The number of hydrogen-bond donors (Lipinski definition) is 2. The highest BCUT2D eigenvalue weighted by atomic mass is 19.1. The van der Waals surface area contributed by atoms with E-state index in [4.69, 9.17) is 0 Å². The molecule has 0 spiro atoms. The van der Waals surface area contributed by atoms with Gasteiger partial charge in [-0.3, -0.25) is 4.68 Å². The molecule has 5 nitrogen and oxygen atoms in total. The Kier molecular flexibility index (Phi) is 4.09. The van der Waals surface area contributed by atoms with Gasteiger partial charge in [0, 0.05) is 12.7 Å². The highest BCUT2D eigenvalue weighted by Crippen LogP contribution is 2.24. The molecule has 2 heterocycles. The summed E-state index contributed by atoms with van der Waals surface area (Å²) in [5.74, 6) is -0.282. The Hall–Kier alpha value is -2.37. The highest BCUT2D eigenvalue weighted by molar-refractivity contribution is 5.74. The maximum Gasteiger partial charge on any atom is 0.315 e. The van der Waals surface area contributed by atoms with Crippen LogP contribution >= 0.6 is 0 Å². The Morgan fingerprint density at radius 3 is 2.91 bits per heavy atom. The summed E-state index contributed by atoms with van der Waals surface area (Å²) >= 11 is 0. The van der Waals surface area contributed by atoms with Crippen LogP contribution in [0.15, 0.2) is 36.5 Å².